The van der Waals surface area contributed by atoms with Crippen LogP contribution in [-0.2, 0) is 10.3 Å². The van der Waals surface area contributed by atoms with Crippen molar-refractivity contribution in [1.29, 1.82) is 0 Å². The molecule has 1 saturated carbocycles. The summed E-state index contributed by atoms with van der Waals surface area (Å²) in [5.74, 6) is 1.57. The number of nitrogens with zero attached hydrogens (tertiary/aromatic N) is 2. The van der Waals surface area contributed by atoms with Crippen molar-refractivity contribution in [3.05, 3.63) is 53.6 Å². The van der Waals surface area contributed by atoms with Crippen LogP contribution in [0.2, 0.25) is 0 Å². The first-order chi connectivity index (χ1) is 13.3. The van der Waals surface area contributed by atoms with Crippen molar-refractivity contribution in [2.45, 2.75) is 50.2 Å². The highest BCUT2D eigenvalue weighted by atomic mass is 16.5. The van der Waals surface area contributed by atoms with Gasteiger partial charge >= 0.3 is 0 Å². The lowest BCUT2D eigenvalue weighted by molar-refractivity contribution is -0.133. The summed E-state index contributed by atoms with van der Waals surface area (Å²) < 4.78 is 6.21. The molecule has 0 aromatic heterocycles. The Morgan fingerprint density at radius 1 is 1.14 bits per heavy atom. The van der Waals surface area contributed by atoms with E-state index in [4.69, 9.17) is 10.5 Å². The van der Waals surface area contributed by atoms with Gasteiger partial charge in [0.05, 0.1) is 0 Å². The van der Waals surface area contributed by atoms with Crippen LogP contribution in [0.15, 0.2) is 47.5 Å². The Morgan fingerprint density at radius 2 is 1.89 bits per heavy atom. The number of guanidine groups is 1. The molecule has 1 amide bonds. The van der Waals surface area contributed by atoms with Gasteiger partial charge < -0.3 is 10.5 Å². The fraction of sp³-hybridized carbons (Fsp3) is 0.391. The highest BCUT2D eigenvalue weighted by Gasteiger charge is 2.55. The summed E-state index contributed by atoms with van der Waals surface area (Å²) in [7, 11) is 1.68. The fourth-order valence-electron chi connectivity index (χ4n) is 4.55. The highest BCUT2D eigenvalue weighted by Crippen LogP contribution is 2.50. The van der Waals surface area contributed by atoms with E-state index >= 15 is 0 Å². The molecule has 1 fully saturated rings. The molecule has 1 unspecified atom stereocenters. The minimum absolute atomic E-state index is 0.0912. The molecular weight excluding hydrogens is 350 g/mol. The van der Waals surface area contributed by atoms with Crippen molar-refractivity contribution in [3.8, 4) is 16.9 Å². The van der Waals surface area contributed by atoms with Crippen molar-refractivity contribution in [3.63, 3.8) is 0 Å². The van der Waals surface area contributed by atoms with Crippen LogP contribution in [0.4, 0.5) is 0 Å². The third kappa shape index (κ3) is 2.53. The molecule has 0 bridgehead atoms. The lowest BCUT2D eigenvalue weighted by Crippen LogP contribution is -2.49. The molecule has 1 atom stereocenters. The standard InChI is InChI=1S/C23H25N3O2/c1-22(2)13-23(20(27)26(3)21(24)25-23)18-12-17(9-10-19(18)28-22)16-6-4-5-15(11-16)14-7-8-14/h4-6,9-12,14H,7-8,13H2,1-3H3,(H2,24,25). The maximum atomic E-state index is 13.2. The molecule has 2 N–H and O–H groups in total. The zero-order chi connectivity index (χ0) is 19.7. The number of hydrogen-bond acceptors (Lipinski definition) is 4. The number of ether oxygens (including phenoxy) is 1. The Hall–Kier alpha value is -2.82. The zero-order valence-corrected chi connectivity index (χ0v) is 16.5. The molecule has 28 heavy (non-hydrogen) atoms. The van der Waals surface area contributed by atoms with Crippen LogP contribution >= 0.6 is 0 Å². The molecule has 5 nitrogen and oxygen atoms in total. The molecule has 2 aromatic carbocycles. The van der Waals surface area contributed by atoms with Gasteiger partial charge in [0.1, 0.15) is 11.4 Å². The van der Waals surface area contributed by atoms with Crippen LogP contribution < -0.4 is 10.5 Å². The van der Waals surface area contributed by atoms with E-state index in [2.05, 4.69) is 41.4 Å². The number of hydrogen-bond donors (Lipinski definition) is 1. The molecule has 5 rings (SSSR count). The van der Waals surface area contributed by atoms with Crippen molar-refractivity contribution < 1.29 is 9.53 Å². The summed E-state index contributed by atoms with van der Waals surface area (Å²) in [6.45, 7) is 3.98. The van der Waals surface area contributed by atoms with Gasteiger partial charge in [0.15, 0.2) is 11.5 Å². The zero-order valence-electron chi connectivity index (χ0n) is 16.5. The SMILES string of the molecule is CN1C(=O)C2(CC(C)(C)Oc3ccc(-c4cccc(C5CC5)c4)cc32)N=C1N. The van der Waals surface area contributed by atoms with E-state index in [1.807, 2.05) is 19.9 Å². The monoisotopic (exact) mass is 375 g/mol. The Bertz CT molecular complexity index is 1020. The van der Waals surface area contributed by atoms with Gasteiger partial charge in [-0.15, -0.1) is 0 Å². The second-order valence-corrected chi connectivity index (χ2v) is 8.84. The lowest BCUT2D eigenvalue weighted by atomic mass is 9.77. The number of rotatable bonds is 2. The molecular formula is C23H25N3O2. The number of fused-ring (bicyclic) bond motifs is 2. The number of nitrogens with two attached hydrogens (primary N) is 1. The van der Waals surface area contributed by atoms with Crippen molar-refractivity contribution >= 4 is 11.9 Å². The van der Waals surface area contributed by atoms with E-state index in [0.29, 0.717) is 18.1 Å². The van der Waals surface area contributed by atoms with E-state index in [-0.39, 0.29) is 11.9 Å². The quantitative estimate of drug-likeness (QED) is 0.869. The second kappa shape index (κ2) is 5.60. The topological polar surface area (TPSA) is 67.9 Å². The Balaban J connectivity index is 1.66. The van der Waals surface area contributed by atoms with Gasteiger partial charge in [0.25, 0.3) is 5.91 Å². The summed E-state index contributed by atoms with van der Waals surface area (Å²) in [5.41, 5.74) is 8.94. The van der Waals surface area contributed by atoms with E-state index < -0.39 is 11.1 Å². The molecule has 1 aliphatic carbocycles. The van der Waals surface area contributed by atoms with E-state index in [0.717, 1.165) is 16.7 Å². The Labute approximate surface area is 165 Å². The first kappa shape index (κ1) is 17.3. The molecule has 0 saturated heterocycles. The van der Waals surface area contributed by atoms with Gasteiger partial charge in [0, 0.05) is 19.0 Å². The summed E-state index contributed by atoms with van der Waals surface area (Å²) >= 11 is 0. The number of benzene rings is 2. The smallest absolute Gasteiger partial charge is 0.261 e. The van der Waals surface area contributed by atoms with Crippen LogP contribution in [0.5, 0.6) is 5.75 Å². The number of amides is 1. The number of carbonyl (C=O) groups excluding carboxylic acids is 1. The summed E-state index contributed by atoms with van der Waals surface area (Å²) in [6, 6.07) is 14.8. The highest BCUT2D eigenvalue weighted by molar-refractivity contribution is 6.07. The maximum absolute atomic E-state index is 13.2. The molecule has 2 aromatic rings. The number of carbonyl (C=O) groups is 1. The predicted octanol–water partition coefficient (Wildman–Crippen LogP) is 3.77. The average molecular weight is 375 g/mol. The van der Waals surface area contributed by atoms with Crippen LogP contribution in [0.25, 0.3) is 11.1 Å². The first-order valence-corrected chi connectivity index (χ1v) is 9.86. The van der Waals surface area contributed by atoms with Crippen LogP contribution in [0.1, 0.15) is 50.2 Å². The van der Waals surface area contributed by atoms with Crippen molar-refractivity contribution in [2.24, 2.45) is 10.7 Å². The predicted molar refractivity (Wildman–Crippen MR) is 109 cm³/mol. The van der Waals surface area contributed by atoms with Gasteiger partial charge in [-0.25, -0.2) is 4.99 Å². The van der Waals surface area contributed by atoms with Crippen molar-refractivity contribution in [1.82, 2.24) is 4.90 Å². The van der Waals surface area contributed by atoms with E-state index in [1.54, 1.807) is 7.05 Å². The Morgan fingerprint density at radius 3 is 2.57 bits per heavy atom. The van der Waals surface area contributed by atoms with E-state index in [9.17, 15) is 4.79 Å². The molecule has 1 spiro atoms. The lowest BCUT2D eigenvalue weighted by Gasteiger charge is -2.41. The fourth-order valence-corrected chi connectivity index (χ4v) is 4.55. The first-order valence-electron chi connectivity index (χ1n) is 9.86. The number of aliphatic imine (C=N–C) groups is 1. The molecule has 0 radical (unpaired) electrons. The third-order valence-corrected chi connectivity index (χ3v) is 6.07. The van der Waals surface area contributed by atoms with Gasteiger partial charge in [-0.1, -0.05) is 30.3 Å². The maximum Gasteiger partial charge on any atom is 0.261 e. The van der Waals surface area contributed by atoms with Gasteiger partial charge in [0.2, 0.25) is 0 Å². The Kier molecular flexibility index (Phi) is 3.46. The average Bonchev–Trinajstić information content (AvgIpc) is 3.48. The number of likely N-dealkylation sites (N-methyl/N-ethyl adjacent to an activating group) is 1. The molecule has 3 aliphatic rings. The second-order valence-electron chi connectivity index (χ2n) is 8.84. The van der Waals surface area contributed by atoms with Gasteiger partial charge in [-0.2, -0.15) is 0 Å². The van der Waals surface area contributed by atoms with Crippen LogP contribution in [0.3, 0.4) is 0 Å². The van der Waals surface area contributed by atoms with Crippen LogP contribution in [-0.4, -0.2) is 29.4 Å². The van der Waals surface area contributed by atoms with Crippen molar-refractivity contribution in [2.75, 3.05) is 7.05 Å². The molecule has 5 heteroatoms. The normalized spacial score (nSPS) is 25.5. The summed E-state index contributed by atoms with van der Waals surface area (Å²) in [5, 5.41) is 0. The molecule has 2 aliphatic heterocycles. The van der Waals surface area contributed by atoms with Crippen LogP contribution in [0, 0.1) is 0 Å². The van der Waals surface area contributed by atoms with Gasteiger partial charge in [-0.3, -0.25) is 9.69 Å². The molecule has 2 heterocycles. The third-order valence-electron chi connectivity index (χ3n) is 6.07. The largest absolute Gasteiger partial charge is 0.487 e. The molecule has 144 valence electrons. The van der Waals surface area contributed by atoms with Gasteiger partial charge in [-0.05, 0) is 61.4 Å². The summed E-state index contributed by atoms with van der Waals surface area (Å²) in [4.78, 5) is 19.3. The minimum atomic E-state index is -1.01. The van der Waals surface area contributed by atoms with E-state index in [1.165, 1.54) is 23.3 Å². The minimum Gasteiger partial charge on any atom is -0.487 e. The summed E-state index contributed by atoms with van der Waals surface area (Å²) in [6.07, 6.45) is 3.01.